The summed E-state index contributed by atoms with van der Waals surface area (Å²) in [4.78, 5) is 15.2. The number of pyridine rings is 1. The van der Waals surface area contributed by atoms with E-state index < -0.39 is 0 Å². The minimum absolute atomic E-state index is 0.689. The van der Waals surface area contributed by atoms with E-state index in [0.717, 1.165) is 42.6 Å². The number of hydrogen-bond acceptors (Lipinski definition) is 3. The van der Waals surface area contributed by atoms with Crippen LogP contribution >= 0.6 is 0 Å². The molecular weight excluding hydrogens is 300 g/mol. The third kappa shape index (κ3) is 4.68. The standard InChI is InChI=1S/C18H26N6/c1-5-6-7-11-23(4)18(19-3)22-14-16-8-9-17(21-13-16)24-12-10-20-15(24)2/h5,8-10,12-13H,1,6-7,11,14H2,2-4H3,(H,19,22). The van der Waals surface area contributed by atoms with Crippen molar-refractivity contribution >= 4 is 5.96 Å². The molecule has 2 heterocycles. The largest absolute Gasteiger partial charge is 0.352 e. The van der Waals surface area contributed by atoms with Gasteiger partial charge in [0, 0.05) is 45.8 Å². The first kappa shape index (κ1) is 17.7. The van der Waals surface area contributed by atoms with Crippen molar-refractivity contribution < 1.29 is 0 Å². The summed E-state index contributed by atoms with van der Waals surface area (Å²) in [7, 11) is 3.84. The van der Waals surface area contributed by atoms with E-state index in [1.165, 1.54) is 0 Å². The van der Waals surface area contributed by atoms with E-state index >= 15 is 0 Å². The lowest BCUT2D eigenvalue weighted by Crippen LogP contribution is -2.39. The predicted octanol–water partition coefficient (Wildman–Crippen LogP) is 2.55. The minimum atomic E-state index is 0.689. The van der Waals surface area contributed by atoms with Gasteiger partial charge in [-0.05, 0) is 31.4 Å². The Balaban J connectivity index is 1.91. The average Bonchev–Trinajstić information content (AvgIpc) is 3.02. The van der Waals surface area contributed by atoms with Gasteiger partial charge < -0.3 is 10.2 Å². The van der Waals surface area contributed by atoms with Crippen LogP contribution < -0.4 is 5.32 Å². The Morgan fingerprint density at radius 2 is 2.25 bits per heavy atom. The summed E-state index contributed by atoms with van der Waals surface area (Å²) in [6.45, 7) is 7.35. The molecule has 0 aromatic carbocycles. The molecule has 6 heteroatoms. The molecule has 0 saturated carbocycles. The van der Waals surface area contributed by atoms with Gasteiger partial charge in [-0.15, -0.1) is 6.58 Å². The SMILES string of the molecule is C=CCCCN(C)C(=NC)NCc1ccc(-n2ccnc2C)nc1. The van der Waals surface area contributed by atoms with Gasteiger partial charge in [0.05, 0.1) is 0 Å². The van der Waals surface area contributed by atoms with Gasteiger partial charge in [-0.25, -0.2) is 9.97 Å². The third-order valence-electron chi connectivity index (χ3n) is 3.81. The van der Waals surface area contributed by atoms with Gasteiger partial charge in [0.2, 0.25) is 0 Å². The number of hydrogen-bond donors (Lipinski definition) is 1. The Bertz CT molecular complexity index is 671. The summed E-state index contributed by atoms with van der Waals surface area (Å²) in [5, 5.41) is 3.37. The Hall–Kier alpha value is -2.63. The quantitative estimate of drug-likeness (QED) is 0.368. The van der Waals surface area contributed by atoms with Crippen LogP contribution in [0.5, 0.6) is 0 Å². The summed E-state index contributed by atoms with van der Waals surface area (Å²) >= 11 is 0. The molecule has 2 aromatic heterocycles. The molecule has 0 fully saturated rings. The van der Waals surface area contributed by atoms with Crippen LogP contribution in [0.2, 0.25) is 0 Å². The second-order valence-corrected chi connectivity index (χ2v) is 5.62. The maximum Gasteiger partial charge on any atom is 0.193 e. The summed E-state index contributed by atoms with van der Waals surface area (Å²) in [5.74, 6) is 2.68. The minimum Gasteiger partial charge on any atom is -0.352 e. The summed E-state index contributed by atoms with van der Waals surface area (Å²) < 4.78 is 1.96. The second-order valence-electron chi connectivity index (χ2n) is 5.62. The van der Waals surface area contributed by atoms with Crippen LogP contribution in [0.15, 0.2) is 48.4 Å². The molecule has 2 aromatic rings. The van der Waals surface area contributed by atoms with Gasteiger partial charge >= 0.3 is 0 Å². The zero-order valence-electron chi connectivity index (χ0n) is 14.7. The van der Waals surface area contributed by atoms with Crippen molar-refractivity contribution in [3.63, 3.8) is 0 Å². The molecule has 6 nitrogen and oxygen atoms in total. The monoisotopic (exact) mass is 326 g/mol. The topological polar surface area (TPSA) is 58.3 Å². The van der Waals surface area contributed by atoms with Crippen molar-refractivity contribution in [3.05, 3.63) is 54.8 Å². The lowest BCUT2D eigenvalue weighted by molar-refractivity contribution is 0.470. The number of rotatable bonds is 7. The lowest BCUT2D eigenvalue weighted by atomic mass is 10.2. The normalized spacial score (nSPS) is 11.4. The highest BCUT2D eigenvalue weighted by atomic mass is 15.3. The molecule has 24 heavy (non-hydrogen) atoms. The Morgan fingerprint density at radius 1 is 1.42 bits per heavy atom. The van der Waals surface area contributed by atoms with E-state index in [4.69, 9.17) is 0 Å². The summed E-state index contributed by atoms with van der Waals surface area (Å²) in [6, 6.07) is 4.07. The first-order chi connectivity index (χ1) is 11.7. The number of imidazole rings is 1. The van der Waals surface area contributed by atoms with Crippen LogP contribution in [0.3, 0.4) is 0 Å². The van der Waals surface area contributed by atoms with Gasteiger partial charge in [0.1, 0.15) is 11.6 Å². The van der Waals surface area contributed by atoms with E-state index in [2.05, 4.69) is 37.8 Å². The molecule has 0 bridgehead atoms. The van der Waals surface area contributed by atoms with E-state index in [9.17, 15) is 0 Å². The highest BCUT2D eigenvalue weighted by molar-refractivity contribution is 5.79. The number of allylic oxidation sites excluding steroid dienone is 1. The molecular formula is C18H26N6. The molecule has 0 spiro atoms. The maximum atomic E-state index is 4.51. The van der Waals surface area contributed by atoms with E-state index in [0.29, 0.717) is 6.54 Å². The second kappa shape index (κ2) is 8.86. The zero-order chi connectivity index (χ0) is 17.4. The molecule has 0 amide bonds. The number of nitrogens with one attached hydrogen (secondary N) is 1. The van der Waals surface area contributed by atoms with Crippen LogP contribution in [0.4, 0.5) is 0 Å². The Morgan fingerprint density at radius 3 is 2.83 bits per heavy atom. The number of aromatic nitrogens is 3. The summed E-state index contributed by atoms with van der Waals surface area (Å²) in [6.07, 6.45) is 9.60. The first-order valence-corrected chi connectivity index (χ1v) is 8.13. The molecule has 0 aliphatic heterocycles. The van der Waals surface area contributed by atoms with E-state index in [1.807, 2.05) is 43.1 Å². The number of nitrogens with zero attached hydrogens (tertiary/aromatic N) is 5. The Kier molecular flexibility index (Phi) is 6.54. The first-order valence-electron chi connectivity index (χ1n) is 8.13. The van der Waals surface area contributed by atoms with Crippen molar-refractivity contribution in [1.82, 2.24) is 24.8 Å². The summed E-state index contributed by atoms with van der Waals surface area (Å²) in [5.41, 5.74) is 1.11. The molecule has 0 saturated heterocycles. The van der Waals surface area contributed by atoms with Gasteiger partial charge in [-0.1, -0.05) is 12.1 Å². The van der Waals surface area contributed by atoms with Gasteiger partial charge in [-0.2, -0.15) is 0 Å². The number of aryl methyl sites for hydroxylation is 1. The van der Waals surface area contributed by atoms with Gasteiger partial charge in [0.15, 0.2) is 5.96 Å². The van der Waals surface area contributed by atoms with Crippen LogP contribution in [-0.4, -0.2) is 46.0 Å². The van der Waals surface area contributed by atoms with E-state index in [-0.39, 0.29) is 0 Å². The lowest BCUT2D eigenvalue weighted by Gasteiger charge is -2.21. The Labute approximate surface area is 144 Å². The number of guanidine groups is 1. The smallest absolute Gasteiger partial charge is 0.193 e. The maximum absolute atomic E-state index is 4.51. The van der Waals surface area contributed by atoms with Crippen LogP contribution in [0.1, 0.15) is 24.2 Å². The van der Waals surface area contributed by atoms with Crippen molar-refractivity contribution in [2.75, 3.05) is 20.6 Å². The van der Waals surface area contributed by atoms with Crippen molar-refractivity contribution in [2.24, 2.45) is 4.99 Å². The van der Waals surface area contributed by atoms with Crippen LogP contribution in [0.25, 0.3) is 5.82 Å². The highest BCUT2D eigenvalue weighted by Gasteiger charge is 2.06. The third-order valence-corrected chi connectivity index (χ3v) is 3.81. The van der Waals surface area contributed by atoms with Crippen LogP contribution in [-0.2, 0) is 6.54 Å². The molecule has 0 atom stereocenters. The zero-order valence-corrected chi connectivity index (χ0v) is 14.7. The fourth-order valence-corrected chi connectivity index (χ4v) is 2.43. The molecule has 0 unspecified atom stereocenters. The van der Waals surface area contributed by atoms with Gasteiger partial charge in [-0.3, -0.25) is 9.56 Å². The number of aliphatic imine (C=N–C) groups is 1. The molecule has 0 aliphatic rings. The fraction of sp³-hybridized carbons (Fsp3) is 0.389. The van der Waals surface area contributed by atoms with Crippen LogP contribution in [0, 0.1) is 6.92 Å². The molecule has 0 aliphatic carbocycles. The molecule has 1 N–H and O–H groups in total. The average molecular weight is 326 g/mol. The van der Waals surface area contributed by atoms with E-state index in [1.54, 1.807) is 13.2 Å². The fourth-order valence-electron chi connectivity index (χ4n) is 2.43. The number of unbranched alkanes of at least 4 members (excludes halogenated alkanes) is 1. The molecule has 2 rings (SSSR count). The van der Waals surface area contributed by atoms with Crippen molar-refractivity contribution in [3.8, 4) is 5.82 Å². The predicted molar refractivity (Wildman–Crippen MR) is 98.4 cm³/mol. The van der Waals surface area contributed by atoms with Crippen molar-refractivity contribution in [1.29, 1.82) is 0 Å². The van der Waals surface area contributed by atoms with Crippen molar-refractivity contribution in [2.45, 2.75) is 26.3 Å². The molecule has 128 valence electrons. The highest BCUT2D eigenvalue weighted by Crippen LogP contribution is 2.08. The van der Waals surface area contributed by atoms with Gasteiger partial charge in [0.25, 0.3) is 0 Å². The molecule has 0 radical (unpaired) electrons.